The van der Waals surface area contributed by atoms with E-state index in [9.17, 15) is 5.26 Å². The van der Waals surface area contributed by atoms with E-state index in [0.29, 0.717) is 5.56 Å². The van der Waals surface area contributed by atoms with Crippen LogP contribution in [-0.2, 0) is 0 Å². The van der Waals surface area contributed by atoms with E-state index in [2.05, 4.69) is 174 Å². The van der Waals surface area contributed by atoms with Crippen LogP contribution in [-0.4, -0.2) is 9.55 Å². The number of hydrogen-bond acceptors (Lipinski definition) is 2. The molecule has 0 aliphatic carbocycles. The lowest BCUT2D eigenvalue weighted by Gasteiger charge is -2.18. The minimum Gasteiger partial charge on any atom is -0.292 e. The summed E-state index contributed by atoms with van der Waals surface area (Å²) in [5.41, 5.74) is 11.5. The molecule has 0 radical (unpaired) electrons. The molecule has 3 nitrogen and oxygen atoms in total. The van der Waals surface area contributed by atoms with Crippen LogP contribution in [0.25, 0.3) is 93.8 Å². The number of hydrogen-bond donors (Lipinski definition) is 0. The van der Waals surface area contributed by atoms with E-state index in [1.54, 1.807) is 0 Å². The van der Waals surface area contributed by atoms with Gasteiger partial charge in [0.1, 0.15) is 5.82 Å². The highest BCUT2D eigenvalue weighted by atomic mass is 15.1. The normalized spacial score (nSPS) is 11.4. The van der Waals surface area contributed by atoms with E-state index in [0.717, 1.165) is 44.8 Å². The van der Waals surface area contributed by atoms with Crippen molar-refractivity contribution in [2.45, 2.75) is 0 Å². The zero-order valence-corrected chi connectivity index (χ0v) is 28.7. The number of nitrogens with zero attached hydrogens (tertiary/aromatic N) is 3. The lowest BCUT2D eigenvalue weighted by Crippen LogP contribution is -1.98. The van der Waals surface area contributed by atoms with Crippen molar-refractivity contribution in [1.82, 2.24) is 9.55 Å². The zero-order valence-electron chi connectivity index (χ0n) is 28.7. The topological polar surface area (TPSA) is 41.6 Å². The van der Waals surface area contributed by atoms with Crippen molar-refractivity contribution >= 4 is 43.4 Å². The minimum absolute atomic E-state index is 0.591. The maximum absolute atomic E-state index is 9.70. The van der Waals surface area contributed by atoms with Gasteiger partial charge in [-0.05, 0) is 108 Å². The molecule has 0 atom stereocenters. The molecule has 0 spiro atoms. The van der Waals surface area contributed by atoms with Crippen LogP contribution >= 0.6 is 0 Å². The highest BCUT2D eigenvalue weighted by Crippen LogP contribution is 2.44. The largest absolute Gasteiger partial charge is 0.292 e. The first-order valence-corrected chi connectivity index (χ1v) is 17.9. The molecule has 10 rings (SSSR count). The van der Waals surface area contributed by atoms with Crippen molar-refractivity contribution in [2.24, 2.45) is 0 Å². The van der Waals surface area contributed by atoms with Gasteiger partial charge in [-0.3, -0.25) is 4.57 Å². The molecule has 1 aromatic heterocycles. The maximum atomic E-state index is 9.70. The second-order valence-electron chi connectivity index (χ2n) is 13.5. The molecule has 10 aromatic rings. The van der Waals surface area contributed by atoms with Gasteiger partial charge in [-0.2, -0.15) is 5.26 Å². The molecular weight excluding hydrogens is 643 g/mol. The Morgan fingerprint density at radius 3 is 1.70 bits per heavy atom. The van der Waals surface area contributed by atoms with Gasteiger partial charge in [0.05, 0.1) is 22.7 Å². The van der Waals surface area contributed by atoms with Gasteiger partial charge in [0, 0.05) is 11.3 Å². The molecule has 0 unspecified atom stereocenters. The summed E-state index contributed by atoms with van der Waals surface area (Å²) < 4.78 is 2.21. The van der Waals surface area contributed by atoms with E-state index in [4.69, 9.17) is 4.98 Å². The van der Waals surface area contributed by atoms with E-state index in [1.165, 1.54) is 49.0 Å². The zero-order chi connectivity index (χ0) is 35.3. The number of benzene rings is 9. The van der Waals surface area contributed by atoms with Crippen LogP contribution < -0.4 is 0 Å². The first kappa shape index (κ1) is 30.5. The van der Waals surface area contributed by atoms with Crippen LogP contribution in [0.3, 0.4) is 0 Å². The van der Waals surface area contributed by atoms with Crippen LogP contribution in [0.5, 0.6) is 0 Å². The number of nitriles is 1. The van der Waals surface area contributed by atoms with Crippen LogP contribution in [0, 0.1) is 11.3 Å². The monoisotopic (exact) mass is 673 g/mol. The van der Waals surface area contributed by atoms with Crippen molar-refractivity contribution < 1.29 is 0 Å². The summed E-state index contributed by atoms with van der Waals surface area (Å²) in [6.45, 7) is 0. The Kier molecular flexibility index (Phi) is 7.20. The quantitative estimate of drug-likeness (QED) is 0.171. The predicted octanol–water partition coefficient (Wildman–Crippen LogP) is 13.0. The average Bonchev–Trinajstić information content (AvgIpc) is 3.62. The lowest BCUT2D eigenvalue weighted by atomic mass is 9.85. The summed E-state index contributed by atoms with van der Waals surface area (Å²) in [6.07, 6.45) is 0. The summed E-state index contributed by atoms with van der Waals surface area (Å²) in [4.78, 5) is 5.13. The van der Waals surface area contributed by atoms with Crippen LogP contribution in [0.4, 0.5) is 0 Å². The molecule has 9 aromatic carbocycles. The Labute approximate surface area is 307 Å². The first-order chi connectivity index (χ1) is 26.2. The molecule has 0 amide bonds. The van der Waals surface area contributed by atoms with Crippen molar-refractivity contribution in [3.8, 4) is 56.5 Å². The van der Waals surface area contributed by atoms with Gasteiger partial charge in [0.25, 0.3) is 0 Å². The highest BCUT2D eigenvalue weighted by Gasteiger charge is 2.19. The molecular formula is C50H31N3. The Balaban J connectivity index is 1.15. The number of aromatic nitrogens is 2. The van der Waals surface area contributed by atoms with Crippen molar-refractivity contribution in [1.29, 1.82) is 5.26 Å². The van der Waals surface area contributed by atoms with Crippen molar-refractivity contribution in [3.63, 3.8) is 0 Å². The number of rotatable bonds is 5. The smallest absolute Gasteiger partial charge is 0.145 e. The molecule has 246 valence electrons. The third-order valence-corrected chi connectivity index (χ3v) is 10.4. The van der Waals surface area contributed by atoms with Crippen LogP contribution in [0.1, 0.15) is 5.56 Å². The number of imidazole rings is 1. The molecule has 0 saturated heterocycles. The molecule has 0 fully saturated rings. The van der Waals surface area contributed by atoms with Crippen LogP contribution in [0.2, 0.25) is 0 Å². The summed E-state index contributed by atoms with van der Waals surface area (Å²) in [5.74, 6) is 0.830. The Hall–Kier alpha value is -7.28. The molecule has 0 aliphatic rings. The Bertz CT molecular complexity index is 3000. The van der Waals surface area contributed by atoms with E-state index in [-0.39, 0.29) is 0 Å². The summed E-state index contributed by atoms with van der Waals surface area (Å²) in [5, 5.41) is 17.1. The highest BCUT2D eigenvalue weighted by molar-refractivity contribution is 6.21. The van der Waals surface area contributed by atoms with E-state index >= 15 is 0 Å². The molecule has 1 heterocycles. The van der Waals surface area contributed by atoms with Gasteiger partial charge in [0.15, 0.2) is 0 Å². The van der Waals surface area contributed by atoms with Crippen LogP contribution in [0.15, 0.2) is 188 Å². The van der Waals surface area contributed by atoms with Gasteiger partial charge in [-0.25, -0.2) is 4.98 Å². The molecule has 53 heavy (non-hydrogen) atoms. The fraction of sp³-hybridized carbons (Fsp3) is 0. The van der Waals surface area contributed by atoms with Gasteiger partial charge in [-0.1, -0.05) is 146 Å². The summed E-state index contributed by atoms with van der Waals surface area (Å²) in [6, 6.07) is 68.8. The van der Waals surface area contributed by atoms with Gasteiger partial charge >= 0.3 is 0 Å². The van der Waals surface area contributed by atoms with E-state index in [1.807, 2.05) is 24.3 Å². The molecule has 0 saturated carbocycles. The molecule has 0 aliphatic heterocycles. The molecule has 3 heteroatoms. The fourth-order valence-electron chi connectivity index (χ4n) is 7.95. The van der Waals surface area contributed by atoms with Gasteiger partial charge < -0.3 is 0 Å². The molecule has 0 N–H and O–H groups in total. The van der Waals surface area contributed by atoms with Gasteiger partial charge in [0.2, 0.25) is 0 Å². The third kappa shape index (κ3) is 5.16. The fourth-order valence-corrected chi connectivity index (χ4v) is 7.95. The predicted molar refractivity (Wildman–Crippen MR) is 220 cm³/mol. The standard InChI is InChI=1S/C50H31N3/c51-32-33-21-28-47-46(29-33)52-50(40-16-10-15-38(31-40)34-11-2-1-3-12-34)53(47)41-26-24-36(25-27-41)48-42-17-6-8-19-44(42)49(45-20-9-7-18-43(45)48)39-23-22-35-13-4-5-14-37(35)30-39/h1-31H. The number of fused-ring (bicyclic) bond motifs is 4. The minimum atomic E-state index is 0.591. The second-order valence-corrected chi connectivity index (χ2v) is 13.5. The summed E-state index contributed by atoms with van der Waals surface area (Å²) in [7, 11) is 0. The third-order valence-electron chi connectivity index (χ3n) is 10.4. The maximum Gasteiger partial charge on any atom is 0.145 e. The average molecular weight is 674 g/mol. The summed E-state index contributed by atoms with van der Waals surface area (Å²) >= 11 is 0. The SMILES string of the molecule is N#Cc1ccc2c(c1)nc(-c1cccc(-c3ccccc3)c1)n2-c1ccc(-c2c3ccccc3c(-c3ccc4ccccc4c3)c3ccccc23)cc1. The first-order valence-electron chi connectivity index (χ1n) is 17.9. The Morgan fingerprint density at radius 1 is 0.415 bits per heavy atom. The molecule has 0 bridgehead atoms. The van der Waals surface area contributed by atoms with Gasteiger partial charge in [-0.15, -0.1) is 0 Å². The Morgan fingerprint density at radius 2 is 1.00 bits per heavy atom. The van der Waals surface area contributed by atoms with E-state index < -0.39 is 0 Å². The van der Waals surface area contributed by atoms with Crippen molar-refractivity contribution in [3.05, 3.63) is 194 Å². The lowest BCUT2D eigenvalue weighted by molar-refractivity contribution is 1.10. The van der Waals surface area contributed by atoms with Crippen molar-refractivity contribution in [2.75, 3.05) is 0 Å². The second kappa shape index (κ2) is 12.5.